The zero-order chi connectivity index (χ0) is 14.7. The summed E-state index contributed by atoms with van der Waals surface area (Å²) in [7, 11) is 0. The van der Waals surface area contributed by atoms with Crippen LogP contribution in [0, 0.1) is 0 Å². The number of hydrogen-bond acceptors (Lipinski definition) is 3. The van der Waals surface area contributed by atoms with Crippen LogP contribution in [-0.2, 0) is 0 Å². The van der Waals surface area contributed by atoms with Crippen molar-refractivity contribution in [2.24, 2.45) is 5.73 Å². The maximum Gasteiger partial charge on any atom is 0.124 e. The Labute approximate surface area is 129 Å². The van der Waals surface area contributed by atoms with Crippen LogP contribution in [0.15, 0.2) is 54.6 Å². The van der Waals surface area contributed by atoms with Crippen LogP contribution in [0.1, 0.15) is 29.8 Å². The second-order valence-electron chi connectivity index (χ2n) is 5.05. The van der Waals surface area contributed by atoms with Crippen LogP contribution < -0.4 is 10.5 Å². The van der Waals surface area contributed by atoms with Crippen molar-refractivity contribution < 1.29 is 4.74 Å². The molecule has 0 saturated carbocycles. The maximum atomic E-state index is 6.48. The number of para-hydroxylation sites is 1. The summed E-state index contributed by atoms with van der Waals surface area (Å²) in [6.07, 6.45) is 0.993. The van der Waals surface area contributed by atoms with Gasteiger partial charge in [0.15, 0.2) is 0 Å². The molecular formula is C18H19NOS. The van der Waals surface area contributed by atoms with Gasteiger partial charge in [-0.05, 0) is 30.0 Å². The number of hydrogen-bond donors (Lipinski definition) is 1. The van der Waals surface area contributed by atoms with Crippen molar-refractivity contribution in [3.8, 4) is 5.75 Å². The molecule has 0 aliphatic rings. The van der Waals surface area contributed by atoms with Crippen molar-refractivity contribution >= 4 is 21.4 Å². The van der Waals surface area contributed by atoms with Crippen LogP contribution in [0.25, 0.3) is 10.1 Å². The van der Waals surface area contributed by atoms with Gasteiger partial charge in [0.25, 0.3) is 0 Å². The third-order valence-electron chi connectivity index (χ3n) is 3.47. The summed E-state index contributed by atoms with van der Waals surface area (Å²) in [6, 6.07) is 18.5. The van der Waals surface area contributed by atoms with Crippen LogP contribution >= 0.6 is 11.3 Å². The summed E-state index contributed by atoms with van der Waals surface area (Å²) in [4.78, 5) is 1.17. The van der Waals surface area contributed by atoms with E-state index in [1.165, 1.54) is 15.0 Å². The van der Waals surface area contributed by atoms with Gasteiger partial charge in [0.1, 0.15) is 5.75 Å². The Morgan fingerprint density at radius 2 is 1.86 bits per heavy atom. The first-order valence-corrected chi connectivity index (χ1v) is 8.07. The smallest absolute Gasteiger partial charge is 0.124 e. The van der Waals surface area contributed by atoms with E-state index in [0.29, 0.717) is 0 Å². The lowest BCUT2D eigenvalue weighted by atomic mass is 10.0. The van der Waals surface area contributed by atoms with E-state index in [4.69, 9.17) is 10.5 Å². The largest absolute Gasteiger partial charge is 0.493 e. The maximum absolute atomic E-state index is 6.48. The number of benzene rings is 2. The zero-order valence-electron chi connectivity index (χ0n) is 12.1. The lowest BCUT2D eigenvalue weighted by Crippen LogP contribution is -2.12. The number of nitrogens with two attached hydrogens (primary N) is 1. The van der Waals surface area contributed by atoms with Crippen LogP contribution in [0.2, 0.25) is 0 Å². The average Bonchev–Trinajstić information content (AvgIpc) is 2.96. The molecule has 21 heavy (non-hydrogen) atoms. The SMILES string of the molecule is CCCOc1ccccc1C(N)c1cc2ccccc2s1. The minimum absolute atomic E-state index is 0.143. The highest BCUT2D eigenvalue weighted by Gasteiger charge is 2.16. The highest BCUT2D eigenvalue weighted by Crippen LogP contribution is 2.35. The van der Waals surface area contributed by atoms with Crippen molar-refractivity contribution in [3.05, 3.63) is 65.0 Å². The Morgan fingerprint density at radius 1 is 1.10 bits per heavy atom. The fourth-order valence-corrected chi connectivity index (χ4v) is 3.48. The van der Waals surface area contributed by atoms with Gasteiger partial charge >= 0.3 is 0 Å². The lowest BCUT2D eigenvalue weighted by molar-refractivity contribution is 0.313. The topological polar surface area (TPSA) is 35.2 Å². The fraction of sp³-hybridized carbons (Fsp3) is 0.222. The van der Waals surface area contributed by atoms with E-state index in [2.05, 4.69) is 43.3 Å². The number of thiophene rings is 1. The highest BCUT2D eigenvalue weighted by molar-refractivity contribution is 7.19. The summed E-state index contributed by atoms with van der Waals surface area (Å²) in [5, 5.41) is 1.25. The molecule has 1 aromatic heterocycles. The van der Waals surface area contributed by atoms with Crippen molar-refractivity contribution in [1.29, 1.82) is 0 Å². The Balaban J connectivity index is 1.95. The molecule has 0 fully saturated rings. The van der Waals surface area contributed by atoms with E-state index < -0.39 is 0 Å². The van der Waals surface area contributed by atoms with Crippen molar-refractivity contribution in [2.45, 2.75) is 19.4 Å². The number of fused-ring (bicyclic) bond motifs is 1. The highest BCUT2D eigenvalue weighted by atomic mass is 32.1. The number of ether oxygens (including phenoxy) is 1. The molecule has 1 unspecified atom stereocenters. The molecule has 0 saturated heterocycles. The molecule has 2 N–H and O–H groups in total. The molecule has 0 spiro atoms. The zero-order valence-corrected chi connectivity index (χ0v) is 12.9. The van der Waals surface area contributed by atoms with Crippen LogP contribution in [0.5, 0.6) is 5.75 Å². The Hall–Kier alpha value is -1.84. The molecule has 108 valence electrons. The van der Waals surface area contributed by atoms with E-state index in [-0.39, 0.29) is 6.04 Å². The molecule has 3 heteroatoms. The van der Waals surface area contributed by atoms with Crippen LogP contribution in [-0.4, -0.2) is 6.61 Å². The van der Waals surface area contributed by atoms with E-state index >= 15 is 0 Å². The van der Waals surface area contributed by atoms with Crippen molar-refractivity contribution in [1.82, 2.24) is 0 Å². The fourth-order valence-electron chi connectivity index (χ4n) is 2.39. The van der Waals surface area contributed by atoms with E-state index in [1.54, 1.807) is 11.3 Å². The average molecular weight is 297 g/mol. The first-order chi connectivity index (χ1) is 10.3. The Morgan fingerprint density at radius 3 is 2.67 bits per heavy atom. The monoisotopic (exact) mass is 297 g/mol. The molecule has 3 aromatic rings. The second-order valence-corrected chi connectivity index (χ2v) is 6.17. The summed E-state index contributed by atoms with van der Waals surface area (Å²) in [5.74, 6) is 0.893. The van der Waals surface area contributed by atoms with Gasteiger partial charge in [-0.1, -0.05) is 43.3 Å². The minimum Gasteiger partial charge on any atom is -0.493 e. The molecule has 2 aromatic carbocycles. The molecule has 0 amide bonds. The molecule has 0 radical (unpaired) electrons. The standard InChI is InChI=1S/C18H19NOS/c1-2-11-20-15-9-5-4-8-14(15)18(19)17-12-13-7-3-6-10-16(13)21-17/h3-10,12,18H,2,11,19H2,1H3. The first kappa shape index (κ1) is 14.1. The molecular weight excluding hydrogens is 278 g/mol. The third-order valence-corrected chi connectivity index (χ3v) is 4.67. The van der Waals surface area contributed by atoms with E-state index in [9.17, 15) is 0 Å². The molecule has 3 rings (SSSR count). The Bertz CT molecular complexity index is 702. The van der Waals surface area contributed by atoms with Gasteiger partial charge in [0.05, 0.1) is 12.6 Å². The first-order valence-electron chi connectivity index (χ1n) is 7.25. The molecule has 1 atom stereocenters. The predicted octanol–water partition coefficient (Wildman–Crippen LogP) is 4.74. The van der Waals surface area contributed by atoms with Gasteiger partial charge in [-0.25, -0.2) is 0 Å². The molecule has 0 bridgehead atoms. The molecule has 1 heterocycles. The van der Waals surface area contributed by atoms with Gasteiger partial charge in [0.2, 0.25) is 0 Å². The summed E-state index contributed by atoms with van der Waals surface area (Å²) in [5.41, 5.74) is 7.54. The van der Waals surface area contributed by atoms with Crippen LogP contribution in [0.3, 0.4) is 0 Å². The van der Waals surface area contributed by atoms with Gasteiger partial charge < -0.3 is 10.5 Å². The Kier molecular flexibility index (Phi) is 4.23. The van der Waals surface area contributed by atoms with E-state index in [0.717, 1.165) is 24.3 Å². The number of rotatable bonds is 5. The molecule has 2 nitrogen and oxygen atoms in total. The second kappa shape index (κ2) is 6.29. The van der Waals surface area contributed by atoms with E-state index in [1.807, 2.05) is 18.2 Å². The van der Waals surface area contributed by atoms with Crippen molar-refractivity contribution in [2.75, 3.05) is 6.61 Å². The normalized spacial score (nSPS) is 12.5. The van der Waals surface area contributed by atoms with Crippen LogP contribution in [0.4, 0.5) is 0 Å². The van der Waals surface area contributed by atoms with Gasteiger partial charge in [-0.2, -0.15) is 0 Å². The minimum atomic E-state index is -0.143. The van der Waals surface area contributed by atoms with Gasteiger partial charge in [-0.3, -0.25) is 0 Å². The summed E-state index contributed by atoms with van der Waals surface area (Å²) in [6.45, 7) is 2.82. The summed E-state index contributed by atoms with van der Waals surface area (Å²) >= 11 is 1.75. The van der Waals surface area contributed by atoms with Gasteiger partial charge in [-0.15, -0.1) is 11.3 Å². The predicted molar refractivity (Wildman–Crippen MR) is 90.1 cm³/mol. The lowest BCUT2D eigenvalue weighted by Gasteiger charge is -2.15. The quantitative estimate of drug-likeness (QED) is 0.738. The molecule has 0 aliphatic carbocycles. The molecule has 0 aliphatic heterocycles. The van der Waals surface area contributed by atoms with Gasteiger partial charge in [0, 0.05) is 15.1 Å². The summed E-state index contributed by atoms with van der Waals surface area (Å²) < 4.78 is 7.10. The van der Waals surface area contributed by atoms with Crippen molar-refractivity contribution in [3.63, 3.8) is 0 Å². The third kappa shape index (κ3) is 2.94.